The molecule has 230 valence electrons. The van der Waals surface area contributed by atoms with Crippen LogP contribution in [-0.2, 0) is 32.6 Å². The summed E-state index contributed by atoms with van der Waals surface area (Å²) in [4.78, 5) is 40.1. The van der Waals surface area contributed by atoms with Crippen molar-refractivity contribution in [1.82, 2.24) is 10.2 Å². The number of carbonyl (C=O) groups excluding carboxylic acids is 2. The third kappa shape index (κ3) is 9.27. The molecule has 11 nitrogen and oxygen atoms in total. The molecule has 0 bridgehead atoms. The molecule has 0 aromatic heterocycles. The first-order valence-electron chi connectivity index (χ1n) is 13.8. The first-order valence-corrected chi connectivity index (χ1v) is 15.6. The molecule has 0 heterocycles. The number of nitro groups is 1. The molecule has 2 amide bonds. The number of anilines is 1. The molecule has 3 aromatic rings. The lowest BCUT2D eigenvalue weighted by Gasteiger charge is -2.34. The van der Waals surface area contributed by atoms with E-state index in [4.69, 9.17) is 4.74 Å². The molecule has 1 atom stereocenters. The van der Waals surface area contributed by atoms with E-state index in [1.807, 2.05) is 75.4 Å². The van der Waals surface area contributed by atoms with Gasteiger partial charge in [0.1, 0.15) is 24.0 Å². The van der Waals surface area contributed by atoms with Crippen LogP contribution in [0, 0.1) is 23.0 Å². The lowest BCUT2D eigenvalue weighted by molar-refractivity contribution is -0.384. The highest BCUT2D eigenvalue weighted by atomic mass is 32.2. The summed E-state index contributed by atoms with van der Waals surface area (Å²) in [6.07, 6.45) is 1.08. The van der Waals surface area contributed by atoms with Crippen LogP contribution < -0.4 is 14.4 Å². The minimum atomic E-state index is -4.14. The number of nitrogens with one attached hydrogen (secondary N) is 1. The molecule has 1 N–H and O–H groups in total. The molecule has 43 heavy (non-hydrogen) atoms. The van der Waals surface area contributed by atoms with E-state index in [-0.39, 0.29) is 41.9 Å². The van der Waals surface area contributed by atoms with Gasteiger partial charge in [0, 0.05) is 31.6 Å². The number of amides is 2. The summed E-state index contributed by atoms with van der Waals surface area (Å²) in [6.45, 7) is 5.52. The second-order valence-electron chi connectivity index (χ2n) is 10.7. The number of nitro benzene ring substituents is 1. The van der Waals surface area contributed by atoms with E-state index in [0.717, 1.165) is 33.3 Å². The monoisotopic (exact) mass is 610 g/mol. The van der Waals surface area contributed by atoms with Crippen molar-refractivity contribution in [1.29, 1.82) is 0 Å². The molecule has 0 saturated carbocycles. The van der Waals surface area contributed by atoms with Gasteiger partial charge in [0.25, 0.3) is 5.69 Å². The van der Waals surface area contributed by atoms with Gasteiger partial charge in [0.2, 0.25) is 21.8 Å². The van der Waals surface area contributed by atoms with Crippen LogP contribution in [0.15, 0.2) is 72.8 Å². The normalized spacial score (nSPS) is 12.0. The van der Waals surface area contributed by atoms with Crippen molar-refractivity contribution in [3.05, 3.63) is 99.6 Å². The minimum absolute atomic E-state index is 0.0246. The first kappa shape index (κ1) is 33.1. The van der Waals surface area contributed by atoms with Crippen LogP contribution in [0.25, 0.3) is 0 Å². The topological polar surface area (TPSA) is 139 Å². The number of methoxy groups -OCH3 is 1. The molecule has 3 rings (SSSR count). The summed E-state index contributed by atoms with van der Waals surface area (Å²) in [5, 5.41) is 14.4. The molecule has 0 aliphatic rings. The Kier molecular flexibility index (Phi) is 11.2. The van der Waals surface area contributed by atoms with Gasteiger partial charge in [-0.1, -0.05) is 74.0 Å². The van der Waals surface area contributed by atoms with Crippen molar-refractivity contribution in [3.8, 4) is 5.75 Å². The van der Waals surface area contributed by atoms with E-state index in [2.05, 4.69) is 5.32 Å². The fourth-order valence-electron chi connectivity index (χ4n) is 4.57. The van der Waals surface area contributed by atoms with E-state index in [9.17, 15) is 28.1 Å². The number of hydrogen-bond acceptors (Lipinski definition) is 7. The first-order chi connectivity index (χ1) is 20.3. The van der Waals surface area contributed by atoms with Crippen LogP contribution in [0.1, 0.15) is 30.5 Å². The molecule has 0 saturated heterocycles. The van der Waals surface area contributed by atoms with Gasteiger partial charge in [-0.15, -0.1) is 0 Å². The lowest BCUT2D eigenvalue weighted by Crippen LogP contribution is -2.53. The Hall–Kier alpha value is -4.45. The molecule has 0 fully saturated rings. The summed E-state index contributed by atoms with van der Waals surface area (Å²) in [7, 11) is -2.85. The number of sulfonamides is 1. The van der Waals surface area contributed by atoms with Gasteiger partial charge in [-0.05, 0) is 30.0 Å². The molecule has 0 radical (unpaired) electrons. The highest BCUT2D eigenvalue weighted by molar-refractivity contribution is 7.92. The van der Waals surface area contributed by atoms with Crippen LogP contribution in [0.4, 0.5) is 11.4 Å². The smallest absolute Gasteiger partial charge is 0.271 e. The van der Waals surface area contributed by atoms with Crippen molar-refractivity contribution in [2.45, 2.75) is 39.8 Å². The van der Waals surface area contributed by atoms with Gasteiger partial charge < -0.3 is 15.0 Å². The zero-order valence-electron chi connectivity index (χ0n) is 25.0. The second-order valence-corrected chi connectivity index (χ2v) is 12.6. The van der Waals surface area contributed by atoms with E-state index in [0.29, 0.717) is 6.54 Å². The Morgan fingerprint density at radius 3 is 2.26 bits per heavy atom. The van der Waals surface area contributed by atoms with Gasteiger partial charge in [-0.3, -0.25) is 24.0 Å². The minimum Gasteiger partial charge on any atom is -0.495 e. The third-order valence-corrected chi connectivity index (χ3v) is 7.84. The number of benzene rings is 3. The number of ether oxygens (including phenoxy) is 1. The summed E-state index contributed by atoms with van der Waals surface area (Å²) < 4.78 is 32.2. The average molecular weight is 611 g/mol. The predicted molar refractivity (Wildman–Crippen MR) is 165 cm³/mol. The zero-order valence-corrected chi connectivity index (χ0v) is 25.8. The lowest BCUT2D eigenvalue weighted by atomic mass is 10.0. The highest BCUT2D eigenvalue weighted by Crippen LogP contribution is 2.34. The van der Waals surface area contributed by atoms with Gasteiger partial charge in [0.05, 0.1) is 18.3 Å². The standard InChI is InChI=1S/C31H38N4O7S/c1-22(2)19-32-31(37)28(17-24-11-7-6-8-12-24)33(20-25-13-9-10-23(3)16-25)30(36)21-34(43(5,40)41)27-18-26(35(38)39)14-15-29(27)42-4/h6-16,18,22,28H,17,19-21H2,1-5H3,(H,32,37)/t28-/m1/s1. The highest BCUT2D eigenvalue weighted by Gasteiger charge is 2.34. The number of aryl methyl sites for hydroxylation is 1. The fraction of sp³-hybridized carbons (Fsp3) is 0.355. The van der Waals surface area contributed by atoms with Crippen LogP contribution >= 0.6 is 0 Å². The number of non-ortho nitro benzene ring substituents is 1. The molecule has 3 aromatic carbocycles. The molecule has 12 heteroatoms. The average Bonchev–Trinajstić information content (AvgIpc) is 2.95. The summed E-state index contributed by atoms with van der Waals surface area (Å²) in [5.74, 6) is -0.854. The largest absolute Gasteiger partial charge is 0.495 e. The van der Waals surface area contributed by atoms with Crippen LogP contribution in [0.5, 0.6) is 5.75 Å². The Morgan fingerprint density at radius 2 is 1.67 bits per heavy atom. The van der Waals surface area contributed by atoms with Gasteiger partial charge in [0.15, 0.2) is 0 Å². The Morgan fingerprint density at radius 1 is 1.00 bits per heavy atom. The zero-order chi connectivity index (χ0) is 31.7. The SMILES string of the molecule is COc1ccc([N+](=O)[O-])cc1N(CC(=O)N(Cc1cccc(C)c1)[C@H](Cc1ccccc1)C(=O)NCC(C)C)S(C)(=O)=O. The molecular weight excluding hydrogens is 572 g/mol. The van der Waals surface area contributed by atoms with Gasteiger partial charge >= 0.3 is 0 Å². The molecule has 0 aliphatic heterocycles. The van der Waals surface area contributed by atoms with E-state index < -0.39 is 33.4 Å². The third-order valence-electron chi connectivity index (χ3n) is 6.71. The van der Waals surface area contributed by atoms with Crippen LogP contribution in [-0.4, -0.2) is 62.6 Å². The maximum Gasteiger partial charge on any atom is 0.271 e. The number of carbonyl (C=O) groups is 2. The van der Waals surface area contributed by atoms with Crippen molar-refractivity contribution >= 4 is 33.2 Å². The second kappa shape index (κ2) is 14.6. The maximum absolute atomic E-state index is 14.2. The number of nitrogens with zero attached hydrogens (tertiary/aromatic N) is 3. The molecular formula is C31H38N4O7S. The molecule has 0 unspecified atom stereocenters. The Bertz CT molecular complexity index is 1540. The van der Waals surface area contributed by atoms with Crippen molar-refractivity contribution < 1.29 is 27.7 Å². The van der Waals surface area contributed by atoms with E-state index in [1.54, 1.807) is 0 Å². The number of hydrogen-bond donors (Lipinski definition) is 1. The summed E-state index contributed by atoms with van der Waals surface area (Å²) in [5.41, 5.74) is 1.99. The molecule has 0 spiro atoms. The quantitative estimate of drug-likeness (QED) is 0.214. The predicted octanol–water partition coefficient (Wildman–Crippen LogP) is 4.09. The van der Waals surface area contributed by atoms with Gasteiger partial charge in [-0.2, -0.15) is 0 Å². The summed E-state index contributed by atoms with van der Waals surface area (Å²) >= 11 is 0. The Labute approximate surface area is 252 Å². The number of rotatable bonds is 14. The van der Waals surface area contributed by atoms with E-state index in [1.165, 1.54) is 24.1 Å². The van der Waals surface area contributed by atoms with Crippen LogP contribution in [0.2, 0.25) is 0 Å². The van der Waals surface area contributed by atoms with Crippen molar-refractivity contribution in [3.63, 3.8) is 0 Å². The Balaban J connectivity index is 2.12. The fourth-order valence-corrected chi connectivity index (χ4v) is 5.41. The molecule has 0 aliphatic carbocycles. The van der Waals surface area contributed by atoms with E-state index >= 15 is 0 Å². The summed E-state index contributed by atoms with van der Waals surface area (Å²) in [6, 6.07) is 19.2. The maximum atomic E-state index is 14.2. The van der Waals surface area contributed by atoms with Crippen molar-refractivity contribution in [2.24, 2.45) is 5.92 Å². The van der Waals surface area contributed by atoms with Crippen molar-refractivity contribution in [2.75, 3.05) is 30.8 Å². The van der Waals surface area contributed by atoms with Crippen LogP contribution in [0.3, 0.4) is 0 Å². The van der Waals surface area contributed by atoms with Gasteiger partial charge in [-0.25, -0.2) is 8.42 Å².